The molecule has 0 spiro atoms. The predicted molar refractivity (Wildman–Crippen MR) is 79.4 cm³/mol. The van der Waals surface area contributed by atoms with Crippen molar-refractivity contribution < 1.29 is 9.13 Å². The molecule has 0 amide bonds. The molecule has 0 aliphatic heterocycles. The topological polar surface area (TPSA) is 14.2 Å². The lowest BCUT2D eigenvalue weighted by molar-refractivity contribution is 0.341. The van der Waals surface area contributed by atoms with Crippen LogP contribution in [0.1, 0.15) is 6.92 Å². The number of halogens is 2. The van der Waals surface area contributed by atoms with Crippen LogP contribution < -0.4 is 4.74 Å². The second-order valence-corrected chi connectivity index (χ2v) is 4.82. The summed E-state index contributed by atoms with van der Waals surface area (Å²) in [7, 11) is 0. The molecule has 1 heterocycles. The number of fused-ring (bicyclic) bond motifs is 1. The minimum atomic E-state index is -0.344. The average molecular weight is 290 g/mol. The molecule has 0 N–H and O–H groups in total. The lowest BCUT2D eigenvalue weighted by Gasteiger charge is -2.09. The van der Waals surface area contributed by atoms with Crippen LogP contribution in [0.2, 0.25) is 5.02 Å². The van der Waals surface area contributed by atoms with E-state index >= 15 is 0 Å². The van der Waals surface area contributed by atoms with Crippen molar-refractivity contribution in [3.63, 3.8) is 0 Å². The highest BCUT2D eigenvalue weighted by atomic mass is 35.5. The first-order chi connectivity index (χ1) is 9.70. The van der Waals surface area contributed by atoms with Gasteiger partial charge in [-0.05, 0) is 43.3 Å². The Labute approximate surface area is 121 Å². The zero-order chi connectivity index (χ0) is 14.1. The van der Waals surface area contributed by atoms with Crippen LogP contribution in [0, 0.1) is 5.82 Å². The summed E-state index contributed by atoms with van der Waals surface area (Å²) < 4.78 is 21.2. The predicted octanol–water partition coefficient (Wildman–Crippen LogP) is 4.82. The molecule has 0 bridgehead atoms. The molecular formula is C16H13ClFNO. The highest BCUT2D eigenvalue weighted by Crippen LogP contribution is 2.29. The zero-order valence-corrected chi connectivity index (χ0v) is 11.7. The van der Waals surface area contributed by atoms with Gasteiger partial charge in [-0.3, -0.25) is 0 Å². The molecule has 20 heavy (non-hydrogen) atoms. The molecule has 102 valence electrons. The minimum absolute atomic E-state index is 0.344. The summed E-state index contributed by atoms with van der Waals surface area (Å²) in [6, 6.07) is 12.3. The Hall–Kier alpha value is -2.00. The first kappa shape index (κ1) is 13.0. The molecule has 0 atom stereocenters. The fourth-order valence-corrected chi connectivity index (χ4v) is 2.55. The van der Waals surface area contributed by atoms with E-state index in [0.29, 0.717) is 17.3 Å². The number of para-hydroxylation sites is 1. The van der Waals surface area contributed by atoms with E-state index in [1.165, 1.54) is 6.07 Å². The summed E-state index contributed by atoms with van der Waals surface area (Å²) in [6.45, 7) is 2.56. The van der Waals surface area contributed by atoms with Crippen molar-refractivity contribution in [2.45, 2.75) is 6.92 Å². The Morgan fingerprint density at radius 3 is 2.80 bits per heavy atom. The van der Waals surface area contributed by atoms with Crippen LogP contribution in [0.25, 0.3) is 16.6 Å². The highest BCUT2D eigenvalue weighted by Gasteiger charge is 2.12. The van der Waals surface area contributed by atoms with Crippen molar-refractivity contribution >= 4 is 22.5 Å². The van der Waals surface area contributed by atoms with Gasteiger partial charge >= 0.3 is 0 Å². The van der Waals surface area contributed by atoms with Crippen LogP contribution in [-0.4, -0.2) is 11.2 Å². The van der Waals surface area contributed by atoms with E-state index in [1.807, 2.05) is 37.4 Å². The number of aromatic nitrogens is 1. The third kappa shape index (κ3) is 2.14. The van der Waals surface area contributed by atoms with Crippen LogP contribution in [0.4, 0.5) is 4.39 Å². The maximum Gasteiger partial charge on any atom is 0.148 e. The Bertz CT molecular complexity index is 746. The number of rotatable bonds is 3. The van der Waals surface area contributed by atoms with Crippen LogP contribution in [0.5, 0.6) is 5.75 Å². The Morgan fingerprint density at radius 1 is 1.20 bits per heavy atom. The average Bonchev–Trinajstić information content (AvgIpc) is 2.82. The standard InChI is InChI=1S/C16H13ClFNO/c1-2-20-12-6-7-15-11(10-12)8-9-19(15)16-13(17)4-3-5-14(16)18/h3-10H,2H2,1H3. The lowest BCUT2D eigenvalue weighted by atomic mass is 10.2. The molecule has 2 aromatic carbocycles. The quantitative estimate of drug-likeness (QED) is 0.674. The molecule has 3 rings (SSSR count). The molecule has 0 aliphatic rings. The summed E-state index contributed by atoms with van der Waals surface area (Å²) in [5, 5.41) is 1.37. The third-order valence-electron chi connectivity index (χ3n) is 3.15. The van der Waals surface area contributed by atoms with Crippen molar-refractivity contribution in [2.75, 3.05) is 6.61 Å². The number of ether oxygens (including phenoxy) is 1. The molecule has 3 aromatic rings. The Kier molecular flexibility index (Phi) is 3.36. The van der Waals surface area contributed by atoms with Crippen molar-refractivity contribution in [3.05, 3.63) is 59.5 Å². The molecule has 0 unspecified atom stereocenters. The molecule has 4 heteroatoms. The van der Waals surface area contributed by atoms with E-state index in [1.54, 1.807) is 16.7 Å². The van der Waals surface area contributed by atoms with Gasteiger partial charge in [-0.1, -0.05) is 17.7 Å². The molecule has 0 saturated carbocycles. The molecule has 0 fully saturated rings. The van der Waals surface area contributed by atoms with E-state index in [9.17, 15) is 4.39 Å². The van der Waals surface area contributed by atoms with Gasteiger partial charge in [0.25, 0.3) is 0 Å². The second kappa shape index (κ2) is 5.17. The van der Waals surface area contributed by atoms with E-state index < -0.39 is 0 Å². The second-order valence-electron chi connectivity index (χ2n) is 4.41. The van der Waals surface area contributed by atoms with Gasteiger partial charge in [0.2, 0.25) is 0 Å². The van der Waals surface area contributed by atoms with Crippen molar-refractivity contribution in [1.82, 2.24) is 4.57 Å². The third-order valence-corrected chi connectivity index (χ3v) is 3.46. The molecule has 2 nitrogen and oxygen atoms in total. The first-order valence-electron chi connectivity index (χ1n) is 6.39. The van der Waals surface area contributed by atoms with E-state index in [0.717, 1.165) is 16.7 Å². The van der Waals surface area contributed by atoms with Crippen molar-refractivity contribution in [1.29, 1.82) is 0 Å². The summed E-state index contributed by atoms with van der Waals surface area (Å²) in [4.78, 5) is 0. The van der Waals surface area contributed by atoms with Gasteiger partial charge in [-0.25, -0.2) is 4.39 Å². The molecule has 1 aromatic heterocycles. The molecule has 0 saturated heterocycles. The van der Waals surface area contributed by atoms with E-state index in [4.69, 9.17) is 16.3 Å². The van der Waals surface area contributed by atoms with Gasteiger partial charge in [0.1, 0.15) is 17.3 Å². The van der Waals surface area contributed by atoms with Crippen LogP contribution in [-0.2, 0) is 0 Å². The number of hydrogen-bond acceptors (Lipinski definition) is 1. The van der Waals surface area contributed by atoms with Gasteiger partial charge in [0.15, 0.2) is 0 Å². The molecule has 0 aliphatic carbocycles. The zero-order valence-electron chi connectivity index (χ0n) is 10.9. The van der Waals surface area contributed by atoms with Crippen LogP contribution >= 0.6 is 11.6 Å². The van der Waals surface area contributed by atoms with Gasteiger partial charge in [0.05, 0.1) is 17.1 Å². The fourth-order valence-electron chi connectivity index (χ4n) is 2.29. The van der Waals surface area contributed by atoms with Crippen LogP contribution in [0.15, 0.2) is 48.7 Å². The maximum atomic E-state index is 14.0. The smallest absolute Gasteiger partial charge is 0.148 e. The highest BCUT2D eigenvalue weighted by molar-refractivity contribution is 6.32. The number of nitrogens with zero attached hydrogens (tertiary/aromatic N) is 1. The summed E-state index contributed by atoms with van der Waals surface area (Å²) >= 11 is 6.12. The van der Waals surface area contributed by atoms with Gasteiger partial charge in [-0.15, -0.1) is 0 Å². The number of benzene rings is 2. The number of hydrogen-bond donors (Lipinski definition) is 0. The minimum Gasteiger partial charge on any atom is -0.494 e. The molecular weight excluding hydrogens is 277 g/mol. The van der Waals surface area contributed by atoms with E-state index in [-0.39, 0.29) is 5.82 Å². The summed E-state index contributed by atoms with van der Waals surface area (Å²) in [5.41, 5.74) is 1.26. The summed E-state index contributed by atoms with van der Waals surface area (Å²) in [5.74, 6) is 0.460. The lowest BCUT2D eigenvalue weighted by Crippen LogP contribution is -1.97. The Balaban J connectivity index is 2.18. The first-order valence-corrected chi connectivity index (χ1v) is 6.77. The van der Waals surface area contributed by atoms with Crippen molar-refractivity contribution in [2.24, 2.45) is 0 Å². The SMILES string of the molecule is CCOc1ccc2c(ccn2-c2c(F)cccc2Cl)c1. The fraction of sp³-hybridized carbons (Fsp3) is 0.125. The van der Waals surface area contributed by atoms with Crippen LogP contribution in [0.3, 0.4) is 0 Å². The van der Waals surface area contributed by atoms with Gasteiger partial charge in [0, 0.05) is 11.6 Å². The van der Waals surface area contributed by atoms with E-state index in [2.05, 4.69) is 0 Å². The maximum absolute atomic E-state index is 14.0. The van der Waals surface area contributed by atoms with Crippen molar-refractivity contribution in [3.8, 4) is 11.4 Å². The monoisotopic (exact) mass is 289 g/mol. The largest absolute Gasteiger partial charge is 0.494 e. The summed E-state index contributed by atoms with van der Waals surface area (Å²) in [6.07, 6.45) is 1.81. The normalized spacial score (nSPS) is 10.9. The molecule has 0 radical (unpaired) electrons. The van der Waals surface area contributed by atoms with Gasteiger partial charge in [-0.2, -0.15) is 0 Å². The van der Waals surface area contributed by atoms with Gasteiger partial charge < -0.3 is 9.30 Å². The Morgan fingerprint density at radius 2 is 2.05 bits per heavy atom.